The van der Waals surface area contributed by atoms with E-state index in [1.54, 1.807) is 0 Å². The van der Waals surface area contributed by atoms with E-state index in [2.05, 4.69) is 4.98 Å². The van der Waals surface area contributed by atoms with Gasteiger partial charge < -0.3 is 15.4 Å². The van der Waals surface area contributed by atoms with Crippen LogP contribution in [0.3, 0.4) is 0 Å². The van der Waals surface area contributed by atoms with Crippen molar-refractivity contribution in [1.82, 2.24) is 9.55 Å². The summed E-state index contributed by atoms with van der Waals surface area (Å²) >= 11 is 6.13. The van der Waals surface area contributed by atoms with Gasteiger partial charge in [-0.2, -0.15) is 0 Å². The average molecular weight is 240 g/mol. The number of rotatable bonds is 3. The van der Waals surface area contributed by atoms with Gasteiger partial charge in [0.05, 0.1) is 16.1 Å². The van der Waals surface area contributed by atoms with Gasteiger partial charge in [0.2, 0.25) is 0 Å². The van der Waals surface area contributed by atoms with Gasteiger partial charge in [0.25, 0.3) is 0 Å². The fraction of sp³-hybridized carbons (Fsp3) is 0.364. The minimum atomic E-state index is -0.747. The lowest BCUT2D eigenvalue weighted by Gasteiger charge is -2.10. The standard InChI is InChI=1S/C11H14ClN3O/c1-2-15-10-7(12)4-3-5-8(10)14-11(15)9(16)6-13/h3-5,9,16H,2,6,13H2,1H3. The van der Waals surface area contributed by atoms with Crippen molar-refractivity contribution in [2.75, 3.05) is 6.54 Å². The van der Waals surface area contributed by atoms with Crippen LogP contribution in [-0.2, 0) is 6.54 Å². The summed E-state index contributed by atoms with van der Waals surface area (Å²) in [5, 5.41) is 10.4. The molecule has 2 aromatic rings. The number of aryl methyl sites for hydroxylation is 1. The van der Waals surface area contributed by atoms with Gasteiger partial charge in [-0.3, -0.25) is 0 Å². The smallest absolute Gasteiger partial charge is 0.140 e. The summed E-state index contributed by atoms with van der Waals surface area (Å²) in [5.41, 5.74) is 7.10. The summed E-state index contributed by atoms with van der Waals surface area (Å²) in [7, 11) is 0. The molecule has 2 rings (SSSR count). The molecule has 0 fully saturated rings. The van der Waals surface area contributed by atoms with Crippen LogP contribution >= 0.6 is 11.6 Å². The van der Waals surface area contributed by atoms with Crippen LogP contribution in [0.15, 0.2) is 18.2 Å². The molecule has 0 aliphatic heterocycles. The average Bonchev–Trinajstić information content (AvgIpc) is 2.68. The molecule has 1 atom stereocenters. The van der Waals surface area contributed by atoms with E-state index in [0.29, 0.717) is 17.4 Å². The Morgan fingerprint density at radius 1 is 1.56 bits per heavy atom. The van der Waals surface area contributed by atoms with Gasteiger partial charge in [-0.05, 0) is 19.1 Å². The summed E-state index contributed by atoms with van der Waals surface area (Å²) in [6.07, 6.45) is -0.747. The number of hydrogen-bond acceptors (Lipinski definition) is 3. The van der Waals surface area contributed by atoms with Gasteiger partial charge in [-0.1, -0.05) is 17.7 Å². The Labute approximate surface area is 98.6 Å². The minimum Gasteiger partial charge on any atom is -0.384 e. The van der Waals surface area contributed by atoms with Gasteiger partial charge >= 0.3 is 0 Å². The first kappa shape index (κ1) is 11.4. The Morgan fingerprint density at radius 3 is 2.94 bits per heavy atom. The van der Waals surface area contributed by atoms with E-state index in [1.807, 2.05) is 29.7 Å². The molecule has 1 aromatic carbocycles. The monoisotopic (exact) mass is 239 g/mol. The van der Waals surface area contributed by atoms with Crippen molar-refractivity contribution in [3.05, 3.63) is 29.0 Å². The highest BCUT2D eigenvalue weighted by atomic mass is 35.5. The van der Waals surface area contributed by atoms with Crippen molar-refractivity contribution in [1.29, 1.82) is 0 Å². The number of nitrogens with zero attached hydrogens (tertiary/aromatic N) is 2. The molecule has 3 N–H and O–H groups in total. The van der Waals surface area contributed by atoms with E-state index >= 15 is 0 Å². The Kier molecular flexibility index (Phi) is 3.14. The van der Waals surface area contributed by atoms with Gasteiger partial charge in [0, 0.05) is 13.1 Å². The third-order valence-electron chi connectivity index (χ3n) is 2.58. The van der Waals surface area contributed by atoms with Gasteiger partial charge in [-0.15, -0.1) is 0 Å². The van der Waals surface area contributed by atoms with E-state index in [4.69, 9.17) is 17.3 Å². The number of aromatic nitrogens is 2. The second-order valence-electron chi connectivity index (χ2n) is 3.57. The summed E-state index contributed by atoms with van der Waals surface area (Å²) in [5.74, 6) is 0.577. The maximum Gasteiger partial charge on any atom is 0.140 e. The maximum absolute atomic E-state index is 9.78. The summed E-state index contributed by atoms with van der Waals surface area (Å²) < 4.78 is 1.90. The van der Waals surface area contributed by atoms with Crippen LogP contribution in [0.25, 0.3) is 11.0 Å². The molecule has 5 heteroatoms. The Morgan fingerprint density at radius 2 is 2.31 bits per heavy atom. The number of para-hydroxylation sites is 1. The Balaban J connectivity index is 2.72. The molecule has 0 saturated carbocycles. The largest absolute Gasteiger partial charge is 0.384 e. The Bertz CT molecular complexity index is 509. The van der Waals surface area contributed by atoms with E-state index in [1.165, 1.54) is 0 Å². The van der Waals surface area contributed by atoms with Crippen LogP contribution in [-0.4, -0.2) is 21.2 Å². The molecule has 0 radical (unpaired) electrons. The van der Waals surface area contributed by atoms with Crippen molar-refractivity contribution < 1.29 is 5.11 Å². The van der Waals surface area contributed by atoms with Crippen LogP contribution in [0.1, 0.15) is 18.9 Å². The molecule has 16 heavy (non-hydrogen) atoms. The molecule has 0 aliphatic carbocycles. The number of nitrogens with two attached hydrogens (primary N) is 1. The molecule has 0 bridgehead atoms. The van der Waals surface area contributed by atoms with E-state index in [-0.39, 0.29) is 6.54 Å². The molecule has 0 amide bonds. The first-order valence-electron chi connectivity index (χ1n) is 5.21. The quantitative estimate of drug-likeness (QED) is 0.857. The summed E-state index contributed by atoms with van der Waals surface area (Å²) in [4.78, 5) is 4.36. The second-order valence-corrected chi connectivity index (χ2v) is 3.98. The molecule has 1 heterocycles. The van der Waals surface area contributed by atoms with E-state index in [9.17, 15) is 5.11 Å². The molecular weight excluding hydrogens is 226 g/mol. The van der Waals surface area contributed by atoms with Gasteiger partial charge in [0.15, 0.2) is 0 Å². The molecule has 4 nitrogen and oxygen atoms in total. The van der Waals surface area contributed by atoms with Crippen molar-refractivity contribution in [2.24, 2.45) is 5.73 Å². The maximum atomic E-state index is 9.78. The zero-order valence-electron chi connectivity index (χ0n) is 9.02. The van der Waals surface area contributed by atoms with Crippen molar-refractivity contribution in [3.63, 3.8) is 0 Å². The zero-order valence-corrected chi connectivity index (χ0v) is 9.78. The highest BCUT2D eigenvalue weighted by Crippen LogP contribution is 2.26. The third kappa shape index (κ3) is 1.69. The van der Waals surface area contributed by atoms with Crippen LogP contribution in [0.2, 0.25) is 5.02 Å². The van der Waals surface area contributed by atoms with Gasteiger partial charge in [0.1, 0.15) is 11.9 Å². The number of benzene rings is 1. The van der Waals surface area contributed by atoms with Crippen molar-refractivity contribution >= 4 is 22.6 Å². The normalized spacial score (nSPS) is 13.2. The molecule has 0 saturated heterocycles. The number of aliphatic hydroxyl groups excluding tert-OH is 1. The predicted molar refractivity (Wildman–Crippen MR) is 64.4 cm³/mol. The highest BCUT2D eigenvalue weighted by molar-refractivity contribution is 6.35. The number of imidazole rings is 1. The summed E-state index contributed by atoms with van der Waals surface area (Å²) in [6, 6.07) is 5.53. The second kappa shape index (κ2) is 4.41. The van der Waals surface area contributed by atoms with Crippen LogP contribution in [0, 0.1) is 0 Å². The predicted octanol–water partition coefficient (Wildman–Crippen LogP) is 1.70. The lowest BCUT2D eigenvalue weighted by molar-refractivity contribution is 0.172. The number of fused-ring (bicyclic) bond motifs is 1. The molecule has 86 valence electrons. The van der Waals surface area contributed by atoms with Crippen LogP contribution in [0.4, 0.5) is 0 Å². The Hall–Kier alpha value is -1.10. The molecule has 1 unspecified atom stereocenters. The first-order chi connectivity index (χ1) is 7.69. The fourth-order valence-electron chi connectivity index (χ4n) is 1.84. The van der Waals surface area contributed by atoms with Crippen LogP contribution < -0.4 is 5.73 Å². The molecule has 0 aliphatic rings. The molecule has 0 spiro atoms. The number of hydrogen-bond donors (Lipinski definition) is 2. The fourth-order valence-corrected chi connectivity index (χ4v) is 2.11. The van der Waals surface area contributed by atoms with Gasteiger partial charge in [-0.25, -0.2) is 4.98 Å². The number of aliphatic hydroxyl groups is 1. The van der Waals surface area contributed by atoms with Crippen LogP contribution in [0.5, 0.6) is 0 Å². The number of halogens is 1. The minimum absolute atomic E-state index is 0.154. The highest BCUT2D eigenvalue weighted by Gasteiger charge is 2.17. The molecule has 1 aromatic heterocycles. The van der Waals surface area contributed by atoms with Crippen molar-refractivity contribution in [2.45, 2.75) is 19.6 Å². The van der Waals surface area contributed by atoms with E-state index in [0.717, 1.165) is 11.0 Å². The summed E-state index contributed by atoms with van der Waals surface area (Å²) in [6.45, 7) is 2.84. The lowest BCUT2D eigenvalue weighted by Crippen LogP contribution is -2.16. The third-order valence-corrected chi connectivity index (χ3v) is 2.89. The topological polar surface area (TPSA) is 64.1 Å². The lowest BCUT2D eigenvalue weighted by atomic mass is 10.3. The zero-order chi connectivity index (χ0) is 11.7. The molecular formula is C11H14ClN3O. The first-order valence-corrected chi connectivity index (χ1v) is 5.59. The SMILES string of the molecule is CCn1c(C(O)CN)nc2cccc(Cl)c21. The van der Waals surface area contributed by atoms with E-state index < -0.39 is 6.10 Å². The van der Waals surface area contributed by atoms with Crippen molar-refractivity contribution in [3.8, 4) is 0 Å².